The molecule has 1 aromatic carbocycles. The Morgan fingerprint density at radius 3 is 2.60 bits per heavy atom. The Hall–Kier alpha value is -2.41. The van der Waals surface area contributed by atoms with Crippen molar-refractivity contribution in [2.75, 3.05) is 26.7 Å². The van der Waals surface area contributed by atoms with Gasteiger partial charge in [0.05, 0.1) is 32.4 Å². The molecule has 2 N–H and O–H groups in total. The zero-order valence-electron chi connectivity index (χ0n) is 14.3. The van der Waals surface area contributed by atoms with Crippen molar-refractivity contribution in [3.05, 3.63) is 35.0 Å². The predicted molar refractivity (Wildman–Crippen MR) is 93.0 cm³/mol. The molecule has 1 aliphatic heterocycles. The van der Waals surface area contributed by atoms with Gasteiger partial charge in [-0.3, -0.25) is 0 Å². The highest BCUT2D eigenvalue weighted by molar-refractivity contribution is 6.17. The van der Waals surface area contributed by atoms with Crippen LogP contribution in [0.1, 0.15) is 24.9 Å². The van der Waals surface area contributed by atoms with Crippen molar-refractivity contribution in [1.82, 2.24) is 10.6 Å². The number of urea groups is 1. The van der Waals surface area contributed by atoms with Crippen LogP contribution in [0.15, 0.2) is 29.5 Å². The number of methoxy groups -OCH3 is 2. The lowest BCUT2D eigenvalue weighted by molar-refractivity contribution is -0.139. The summed E-state index contributed by atoms with van der Waals surface area (Å²) >= 11 is 5.61. The second-order valence-corrected chi connectivity index (χ2v) is 5.74. The van der Waals surface area contributed by atoms with E-state index in [0.29, 0.717) is 40.6 Å². The molecule has 25 heavy (non-hydrogen) atoms. The molecule has 0 aromatic heterocycles. The van der Waals surface area contributed by atoms with E-state index in [1.807, 2.05) is 0 Å². The highest BCUT2D eigenvalue weighted by Gasteiger charge is 2.32. The number of halogens is 1. The summed E-state index contributed by atoms with van der Waals surface area (Å²) in [6, 6.07) is 4.14. The van der Waals surface area contributed by atoms with Gasteiger partial charge in [-0.2, -0.15) is 0 Å². The summed E-state index contributed by atoms with van der Waals surface area (Å²) in [5, 5.41) is 5.34. The molecular formula is C17H21ClN2O5. The Kier molecular flexibility index (Phi) is 6.52. The molecule has 0 aliphatic carbocycles. The number of amides is 2. The molecule has 0 bridgehead atoms. The van der Waals surface area contributed by atoms with Crippen molar-refractivity contribution in [1.29, 1.82) is 0 Å². The van der Waals surface area contributed by atoms with Gasteiger partial charge in [-0.15, -0.1) is 11.6 Å². The Morgan fingerprint density at radius 1 is 1.24 bits per heavy atom. The SMILES string of the molecule is COc1ccc(C2NC(=O)NC(C)=C2C(=O)OCCCCl)cc1OC. The minimum atomic E-state index is -0.656. The number of ether oxygens (including phenoxy) is 3. The first-order valence-electron chi connectivity index (χ1n) is 7.75. The zero-order chi connectivity index (χ0) is 18.4. The van der Waals surface area contributed by atoms with Crippen LogP contribution in [-0.2, 0) is 9.53 Å². The van der Waals surface area contributed by atoms with Gasteiger partial charge in [-0.1, -0.05) is 6.07 Å². The molecule has 2 amide bonds. The molecule has 136 valence electrons. The fourth-order valence-corrected chi connectivity index (χ4v) is 2.65. The maximum Gasteiger partial charge on any atom is 0.338 e. The Labute approximate surface area is 151 Å². The number of hydrogen-bond acceptors (Lipinski definition) is 5. The number of carbonyl (C=O) groups is 2. The predicted octanol–water partition coefficient (Wildman–Crippen LogP) is 2.50. The molecule has 0 saturated carbocycles. The normalized spacial score (nSPS) is 16.8. The van der Waals surface area contributed by atoms with Crippen LogP contribution in [0.4, 0.5) is 4.79 Å². The van der Waals surface area contributed by atoms with Crippen LogP contribution in [-0.4, -0.2) is 38.7 Å². The van der Waals surface area contributed by atoms with Crippen molar-refractivity contribution < 1.29 is 23.8 Å². The van der Waals surface area contributed by atoms with Crippen LogP contribution < -0.4 is 20.1 Å². The average molecular weight is 369 g/mol. The summed E-state index contributed by atoms with van der Waals surface area (Å²) in [7, 11) is 3.05. The van der Waals surface area contributed by atoms with E-state index >= 15 is 0 Å². The number of hydrogen-bond donors (Lipinski definition) is 2. The fraction of sp³-hybridized carbons (Fsp3) is 0.412. The largest absolute Gasteiger partial charge is 0.493 e. The smallest absolute Gasteiger partial charge is 0.338 e. The third-order valence-electron chi connectivity index (χ3n) is 3.74. The molecule has 8 heteroatoms. The van der Waals surface area contributed by atoms with Crippen LogP contribution in [0.3, 0.4) is 0 Å². The molecular weight excluding hydrogens is 348 g/mol. The van der Waals surface area contributed by atoms with E-state index in [1.54, 1.807) is 25.1 Å². The topological polar surface area (TPSA) is 85.9 Å². The summed E-state index contributed by atoms with van der Waals surface area (Å²) in [5.74, 6) is 0.952. The van der Waals surface area contributed by atoms with E-state index in [0.717, 1.165) is 0 Å². The van der Waals surface area contributed by atoms with Crippen LogP contribution in [0, 0.1) is 0 Å². The van der Waals surface area contributed by atoms with Gasteiger partial charge in [0, 0.05) is 11.6 Å². The van der Waals surface area contributed by atoms with E-state index in [-0.39, 0.29) is 6.61 Å². The van der Waals surface area contributed by atoms with Crippen molar-refractivity contribution in [2.24, 2.45) is 0 Å². The number of nitrogens with one attached hydrogen (secondary N) is 2. The summed E-state index contributed by atoms with van der Waals surface area (Å²) in [5.41, 5.74) is 1.46. The van der Waals surface area contributed by atoms with E-state index in [4.69, 9.17) is 25.8 Å². The van der Waals surface area contributed by atoms with Crippen LogP contribution in [0.2, 0.25) is 0 Å². The number of alkyl halides is 1. The number of rotatable bonds is 7. The lowest BCUT2D eigenvalue weighted by atomic mass is 9.95. The highest BCUT2D eigenvalue weighted by Crippen LogP contribution is 2.34. The minimum Gasteiger partial charge on any atom is -0.493 e. The Bertz CT molecular complexity index is 690. The number of carbonyl (C=O) groups excluding carboxylic acids is 2. The molecule has 1 heterocycles. The average Bonchev–Trinajstić information content (AvgIpc) is 2.60. The molecule has 7 nitrogen and oxygen atoms in total. The van der Waals surface area contributed by atoms with Crippen LogP contribution in [0.25, 0.3) is 0 Å². The monoisotopic (exact) mass is 368 g/mol. The Morgan fingerprint density at radius 2 is 1.96 bits per heavy atom. The quantitative estimate of drug-likeness (QED) is 0.439. The molecule has 0 radical (unpaired) electrons. The maximum atomic E-state index is 12.5. The standard InChI is InChI=1S/C17H21ClN2O5/c1-10-14(16(21)25-8-4-7-18)15(20-17(22)19-10)11-5-6-12(23-2)13(9-11)24-3/h5-6,9,15H,4,7-8H2,1-3H3,(H2,19,20,22). The summed E-state index contributed by atoms with van der Waals surface area (Å²) in [6.07, 6.45) is 0.556. The van der Waals surface area contributed by atoms with Gasteiger partial charge in [0.25, 0.3) is 0 Å². The maximum absolute atomic E-state index is 12.5. The summed E-state index contributed by atoms with van der Waals surface area (Å²) < 4.78 is 15.8. The number of allylic oxidation sites excluding steroid dienone is 1. The summed E-state index contributed by atoms with van der Waals surface area (Å²) in [6.45, 7) is 1.87. The van der Waals surface area contributed by atoms with Crippen molar-refractivity contribution in [2.45, 2.75) is 19.4 Å². The third-order valence-corrected chi connectivity index (χ3v) is 4.01. The van der Waals surface area contributed by atoms with E-state index in [2.05, 4.69) is 10.6 Å². The summed E-state index contributed by atoms with van der Waals surface area (Å²) in [4.78, 5) is 24.4. The molecule has 1 aliphatic rings. The highest BCUT2D eigenvalue weighted by atomic mass is 35.5. The lowest BCUT2D eigenvalue weighted by Gasteiger charge is -2.28. The lowest BCUT2D eigenvalue weighted by Crippen LogP contribution is -2.45. The first kappa shape index (κ1) is 18.9. The molecule has 2 rings (SSSR count). The molecule has 0 saturated heterocycles. The van der Waals surface area contributed by atoms with Crippen molar-refractivity contribution >= 4 is 23.6 Å². The van der Waals surface area contributed by atoms with Crippen LogP contribution in [0.5, 0.6) is 11.5 Å². The zero-order valence-corrected chi connectivity index (χ0v) is 15.1. The van der Waals surface area contributed by atoms with Gasteiger partial charge in [-0.05, 0) is 31.0 Å². The molecule has 0 fully saturated rings. The van der Waals surface area contributed by atoms with E-state index in [1.165, 1.54) is 14.2 Å². The van der Waals surface area contributed by atoms with E-state index < -0.39 is 18.0 Å². The van der Waals surface area contributed by atoms with Gasteiger partial charge in [0.2, 0.25) is 0 Å². The van der Waals surface area contributed by atoms with Gasteiger partial charge < -0.3 is 24.8 Å². The molecule has 1 aromatic rings. The van der Waals surface area contributed by atoms with Gasteiger partial charge in [-0.25, -0.2) is 9.59 Å². The number of esters is 1. The van der Waals surface area contributed by atoms with Gasteiger partial charge >= 0.3 is 12.0 Å². The molecule has 1 unspecified atom stereocenters. The van der Waals surface area contributed by atoms with Crippen LogP contribution >= 0.6 is 11.6 Å². The van der Waals surface area contributed by atoms with E-state index in [9.17, 15) is 9.59 Å². The first-order chi connectivity index (χ1) is 12.0. The second kappa shape index (κ2) is 8.62. The van der Waals surface area contributed by atoms with Crippen molar-refractivity contribution in [3.8, 4) is 11.5 Å². The van der Waals surface area contributed by atoms with Gasteiger partial charge in [0.1, 0.15) is 0 Å². The fourth-order valence-electron chi connectivity index (χ4n) is 2.54. The second-order valence-electron chi connectivity index (χ2n) is 5.36. The third kappa shape index (κ3) is 4.36. The minimum absolute atomic E-state index is 0.214. The van der Waals surface area contributed by atoms with Gasteiger partial charge in [0.15, 0.2) is 11.5 Å². The Balaban J connectivity index is 2.37. The van der Waals surface area contributed by atoms with Crippen molar-refractivity contribution in [3.63, 3.8) is 0 Å². The number of benzene rings is 1. The molecule has 0 spiro atoms. The first-order valence-corrected chi connectivity index (χ1v) is 8.28. The molecule has 1 atom stereocenters.